The minimum absolute atomic E-state index is 0.0797. The highest BCUT2D eigenvalue weighted by Crippen LogP contribution is 2.44. The van der Waals surface area contributed by atoms with Gasteiger partial charge in [0.05, 0.1) is 0 Å². The van der Waals surface area contributed by atoms with E-state index in [-0.39, 0.29) is 5.56 Å². The van der Waals surface area contributed by atoms with Crippen LogP contribution in [0.4, 0.5) is 0 Å². The Morgan fingerprint density at radius 2 is 1.74 bits per heavy atom. The van der Waals surface area contributed by atoms with Crippen LogP contribution in [0.2, 0.25) is 0 Å². The molecule has 0 unspecified atom stereocenters. The molecule has 4 aromatic rings. The number of likely N-dealkylation sites (tertiary alicyclic amines) is 1. The molecule has 6 rings (SSSR count). The van der Waals surface area contributed by atoms with Crippen LogP contribution in [0.3, 0.4) is 0 Å². The van der Waals surface area contributed by atoms with E-state index in [1.807, 2.05) is 31.3 Å². The Bertz CT molecular complexity index is 1620. The number of carboxylic acid groups (broad SMARTS) is 2. The number of benzene rings is 2. The molecular formula is C31H31N3O5. The van der Waals surface area contributed by atoms with E-state index < -0.39 is 11.9 Å². The lowest BCUT2D eigenvalue weighted by molar-refractivity contribution is -0.134. The standard InChI is InChI=1S/C27H27N3O.C4H4O4/c1-18-22(27(31)30-14-5-4-8-25(30)28-18)13-15-29-16-21-12-11-20-10-9-19-6-2-3-7-23(19)26(20)24(21)17-29;5-3(6)1-2-4(7)8/h2-10,14,21,24H,11-13,15-17H2,1H3;1-2H,(H,5,6)(H,7,8)/b;2-1+/t21-,24+;/m1./s1. The molecule has 2 N–H and O–H groups in total. The third-order valence-electron chi connectivity index (χ3n) is 7.81. The van der Waals surface area contributed by atoms with Crippen molar-refractivity contribution in [3.8, 4) is 0 Å². The Labute approximate surface area is 225 Å². The van der Waals surface area contributed by atoms with Gasteiger partial charge in [0.25, 0.3) is 5.56 Å². The summed E-state index contributed by atoms with van der Waals surface area (Å²) in [5, 5.41) is 18.4. The van der Waals surface area contributed by atoms with Gasteiger partial charge in [0, 0.05) is 55.2 Å². The summed E-state index contributed by atoms with van der Waals surface area (Å²) in [6, 6.07) is 19.2. The highest BCUT2D eigenvalue weighted by molar-refractivity contribution is 5.89. The zero-order chi connectivity index (χ0) is 27.5. The molecule has 1 aliphatic carbocycles. The van der Waals surface area contributed by atoms with Crippen molar-refractivity contribution in [2.24, 2.45) is 5.92 Å². The number of aryl methyl sites for hydroxylation is 2. The predicted octanol–water partition coefficient (Wildman–Crippen LogP) is 4.07. The lowest BCUT2D eigenvalue weighted by Gasteiger charge is -2.28. The molecule has 8 heteroatoms. The topological polar surface area (TPSA) is 112 Å². The van der Waals surface area contributed by atoms with Crippen molar-refractivity contribution in [3.63, 3.8) is 0 Å². The van der Waals surface area contributed by atoms with Crippen molar-refractivity contribution >= 4 is 28.4 Å². The summed E-state index contributed by atoms with van der Waals surface area (Å²) in [7, 11) is 0. The van der Waals surface area contributed by atoms with Gasteiger partial charge in [-0.15, -0.1) is 0 Å². The largest absolute Gasteiger partial charge is 0.478 e. The number of carbonyl (C=O) groups is 2. The van der Waals surface area contributed by atoms with Gasteiger partial charge in [-0.1, -0.05) is 42.5 Å². The van der Waals surface area contributed by atoms with Crippen molar-refractivity contribution in [3.05, 3.63) is 106 Å². The average molecular weight is 526 g/mol. The lowest BCUT2D eigenvalue weighted by Crippen LogP contribution is -2.28. The molecule has 0 saturated carbocycles. The molecule has 0 amide bonds. The fraction of sp³-hybridized carbons (Fsp3) is 0.290. The number of hydrogen-bond donors (Lipinski definition) is 2. The molecule has 39 heavy (non-hydrogen) atoms. The van der Waals surface area contributed by atoms with Gasteiger partial charge in [-0.05, 0) is 66.1 Å². The first-order chi connectivity index (χ1) is 18.8. The summed E-state index contributed by atoms with van der Waals surface area (Å²) in [4.78, 5) is 39.4. The molecule has 0 bridgehead atoms. The Morgan fingerprint density at radius 3 is 2.51 bits per heavy atom. The van der Waals surface area contributed by atoms with E-state index in [2.05, 4.69) is 46.3 Å². The molecule has 8 nitrogen and oxygen atoms in total. The van der Waals surface area contributed by atoms with Crippen LogP contribution >= 0.6 is 0 Å². The van der Waals surface area contributed by atoms with E-state index in [0.717, 1.165) is 48.9 Å². The normalized spacial score (nSPS) is 18.5. The Kier molecular flexibility index (Phi) is 7.56. The molecule has 2 aromatic heterocycles. The van der Waals surface area contributed by atoms with E-state index in [4.69, 9.17) is 10.2 Å². The smallest absolute Gasteiger partial charge is 0.328 e. The van der Waals surface area contributed by atoms with Gasteiger partial charge in [-0.2, -0.15) is 0 Å². The summed E-state index contributed by atoms with van der Waals surface area (Å²) < 4.78 is 1.68. The summed E-state index contributed by atoms with van der Waals surface area (Å²) in [5.41, 5.74) is 5.64. The molecule has 0 radical (unpaired) electrons. The third kappa shape index (κ3) is 5.61. The second-order valence-corrected chi connectivity index (χ2v) is 10.2. The van der Waals surface area contributed by atoms with Crippen LogP contribution in [0.1, 0.15) is 34.7 Å². The van der Waals surface area contributed by atoms with Crippen LogP contribution in [0.15, 0.2) is 77.7 Å². The zero-order valence-corrected chi connectivity index (χ0v) is 21.8. The monoisotopic (exact) mass is 525 g/mol. The van der Waals surface area contributed by atoms with Crippen LogP contribution in [0, 0.1) is 12.8 Å². The molecule has 1 fully saturated rings. The first-order valence-corrected chi connectivity index (χ1v) is 13.2. The van der Waals surface area contributed by atoms with Gasteiger partial charge in [-0.25, -0.2) is 14.6 Å². The molecule has 200 valence electrons. The third-order valence-corrected chi connectivity index (χ3v) is 7.81. The molecule has 0 spiro atoms. The number of carboxylic acids is 2. The Balaban J connectivity index is 0.000000339. The van der Waals surface area contributed by atoms with E-state index in [0.29, 0.717) is 18.1 Å². The Hall–Kier alpha value is -4.30. The molecular weight excluding hydrogens is 494 g/mol. The van der Waals surface area contributed by atoms with E-state index in [9.17, 15) is 14.4 Å². The number of nitrogens with zero attached hydrogens (tertiary/aromatic N) is 3. The van der Waals surface area contributed by atoms with Gasteiger partial charge in [0.2, 0.25) is 0 Å². The van der Waals surface area contributed by atoms with Gasteiger partial charge >= 0.3 is 11.9 Å². The number of rotatable bonds is 5. The fourth-order valence-corrected chi connectivity index (χ4v) is 6.04. The van der Waals surface area contributed by atoms with Crippen LogP contribution in [0.25, 0.3) is 16.4 Å². The number of aliphatic carboxylic acids is 2. The van der Waals surface area contributed by atoms with Crippen LogP contribution < -0.4 is 5.56 Å². The molecule has 1 aliphatic heterocycles. The van der Waals surface area contributed by atoms with Crippen LogP contribution in [-0.4, -0.2) is 56.1 Å². The van der Waals surface area contributed by atoms with Crippen molar-refractivity contribution in [1.29, 1.82) is 0 Å². The van der Waals surface area contributed by atoms with Crippen LogP contribution in [-0.2, 0) is 22.4 Å². The molecule has 2 aliphatic rings. The van der Waals surface area contributed by atoms with Crippen molar-refractivity contribution < 1.29 is 19.8 Å². The lowest BCUT2D eigenvalue weighted by atomic mass is 9.75. The van der Waals surface area contributed by atoms with Crippen LogP contribution in [0.5, 0.6) is 0 Å². The first kappa shape index (κ1) is 26.3. The minimum atomic E-state index is -1.26. The van der Waals surface area contributed by atoms with Crippen molar-refractivity contribution in [2.75, 3.05) is 19.6 Å². The maximum absolute atomic E-state index is 13.0. The molecule has 1 saturated heterocycles. The Morgan fingerprint density at radius 1 is 1.00 bits per heavy atom. The maximum Gasteiger partial charge on any atom is 0.328 e. The van der Waals surface area contributed by atoms with Gasteiger partial charge in [0.1, 0.15) is 5.65 Å². The maximum atomic E-state index is 13.0. The summed E-state index contributed by atoms with van der Waals surface area (Å²) in [6.45, 7) is 5.11. The van der Waals surface area contributed by atoms with E-state index in [1.54, 1.807) is 9.96 Å². The second kappa shape index (κ2) is 11.2. The van der Waals surface area contributed by atoms with Gasteiger partial charge in [-0.3, -0.25) is 9.20 Å². The van der Waals surface area contributed by atoms with Gasteiger partial charge < -0.3 is 15.1 Å². The highest BCUT2D eigenvalue weighted by Gasteiger charge is 2.38. The van der Waals surface area contributed by atoms with Crippen molar-refractivity contribution in [1.82, 2.24) is 14.3 Å². The molecule has 3 heterocycles. The average Bonchev–Trinajstić information content (AvgIpc) is 3.35. The minimum Gasteiger partial charge on any atom is -0.478 e. The number of hydrogen-bond acceptors (Lipinski definition) is 5. The second-order valence-electron chi connectivity index (χ2n) is 10.2. The van der Waals surface area contributed by atoms with Crippen molar-refractivity contribution in [2.45, 2.75) is 32.1 Å². The predicted molar refractivity (Wildman–Crippen MR) is 149 cm³/mol. The highest BCUT2D eigenvalue weighted by atomic mass is 16.4. The quantitative estimate of drug-likeness (QED) is 0.378. The van der Waals surface area contributed by atoms with Gasteiger partial charge in [0.15, 0.2) is 0 Å². The summed E-state index contributed by atoms with van der Waals surface area (Å²) >= 11 is 0. The fourth-order valence-electron chi connectivity index (χ4n) is 6.04. The van der Waals surface area contributed by atoms with E-state index in [1.165, 1.54) is 29.2 Å². The first-order valence-electron chi connectivity index (χ1n) is 13.2. The number of aromatic nitrogens is 2. The molecule has 2 atom stereocenters. The number of pyridine rings is 1. The summed E-state index contributed by atoms with van der Waals surface area (Å²) in [5.74, 6) is -1.19. The zero-order valence-electron chi connectivity index (χ0n) is 21.8. The summed E-state index contributed by atoms with van der Waals surface area (Å²) in [6.07, 6.45) is 6.15. The van der Waals surface area contributed by atoms with E-state index >= 15 is 0 Å². The number of fused-ring (bicyclic) bond motifs is 6. The SMILES string of the molecule is Cc1nc2ccccn2c(=O)c1CCN1C[C@H]2CCc3ccc4ccccc4c3[C@H]2C1.O=C(O)/C=C/C(=O)O. The molecule has 2 aromatic carbocycles.